The maximum Gasteiger partial charge on any atom is 0.191 e. The van der Waals surface area contributed by atoms with Gasteiger partial charge < -0.3 is 10.6 Å². The number of hydrogen-bond acceptors (Lipinski definition) is 2. The molecule has 0 radical (unpaired) electrons. The predicted octanol–water partition coefficient (Wildman–Crippen LogP) is 4.16. The number of guanidine groups is 1. The maximum absolute atomic E-state index is 13.4. The number of benzene rings is 1. The standard InChI is InChI=1S/C18H25BrFN5.HI/c1-4-21-18(23-12-15-11-16(20)6-7-17(15)19)22-8-5-9-25-14(3)10-13(2)24-25;/h6-7,10-11H,4-5,8-9,12H2,1-3H3,(H2,21,22,23);1H. The molecule has 0 atom stereocenters. The summed E-state index contributed by atoms with van der Waals surface area (Å²) >= 11 is 3.43. The van der Waals surface area contributed by atoms with Crippen LogP contribution in [-0.2, 0) is 13.1 Å². The Labute approximate surface area is 180 Å². The topological polar surface area (TPSA) is 54.2 Å². The molecule has 0 amide bonds. The van der Waals surface area contributed by atoms with E-state index in [0.717, 1.165) is 47.7 Å². The zero-order chi connectivity index (χ0) is 18.2. The number of halogens is 3. The molecule has 144 valence electrons. The summed E-state index contributed by atoms with van der Waals surface area (Å²) in [7, 11) is 0. The number of nitrogens with one attached hydrogen (secondary N) is 2. The highest BCUT2D eigenvalue weighted by atomic mass is 127. The van der Waals surface area contributed by atoms with E-state index in [-0.39, 0.29) is 29.8 Å². The van der Waals surface area contributed by atoms with Gasteiger partial charge in [0.25, 0.3) is 0 Å². The van der Waals surface area contributed by atoms with Crippen LogP contribution in [0.25, 0.3) is 0 Å². The fourth-order valence-electron chi connectivity index (χ4n) is 2.51. The summed E-state index contributed by atoms with van der Waals surface area (Å²) in [6.45, 7) is 8.91. The molecule has 5 nitrogen and oxygen atoms in total. The number of aliphatic imine (C=N–C) groups is 1. The SMILES string of the molecule is CCNC(=NCc1cc(F)ccc1Br)NCCCn1nc(C)cc1C.I. The summed E-state index contributed by atoms with van der Waals surface area (Å²) in [5, 5.41) is 11.0. The van der Waals surface area contributed by atoms with Crippen LogP contribution in [0.3, 0.4) is 0 Å². The molecule has 0 fully saturated rings. The first kappa shape index (κ1) is 22.9. The van der Waals surface area contributed by atoms with Crippen molar-refractivity contribution in [1.82, 2.24) is 20.4 Å². The lowest BCUT2D eigenvalue weighted by atomic mass is 10.2. The molecule has 0 unspecified atom stereocenters. The van der Waals surface area contributed by atoms with E-state index in [2.05, 4.69) is 49.6 Å². The van der Waals surface area contributed by atoms with Crippen molar-refractivity contribution in [2.75, 3.05) is 13.1 Å². The van der Waals surface area contributed by atoms with Crippen molar-refractivity contribution in [2.24, 2.45) is 4.99 Å². The quantitative estimate of drug-likeness (QED) is 0.241. The Kier molecular flexibility index (Phi) is 10.1. The van der Waals surface area contributed by atoms with Gasteiger partial charge in [-0.1, -0.05) is 15.9 Å². The summed E-state index contributed by atoms with van der Waals surface area (Å²) in [5.74, 6) is 0.475. The van der Waals surface area contributed by atoms with Gasteiger partial charge >= 0.3 is 0 Å². The van der Waals surface area contributed by atoms with Crippen LogP contribution < -0.4 is 10.6 Å². The Morgan fingerprint density at radius 2 is 2.04 bits per heavy atom. The second kappa shape index (κ2) is 11.5. The fourth-order valence-corrected chi connectivity index (χ4v) is 2.88. The number of rotatable bonds is 7. The molecule has 0 bridgehead atoms. The second-order valence-corrected chi connectivity index (χ2v) is 6.72. The third-order valence-electron chi connectivity index (χ3n) is 3.70. The van der Waals surface area contributed by atoms with Gasteiger partial charge in [-0.3, -0.25) is 4.68 Å². The van der Waals surface area contributed by atoms with E-state index in [0.29, 0.717) is 6.54 Å². The highest BCUT2D eigenvalue weighted by Gasteiger charge is 2.04. The molecule has 0 saturated carbocycles. The van der Waals surface area contributed by atoms with E-state index in [1.807, 2.05) is 18.5 Å². The molecule has 2 rings (SSSR count). The Bertz CT molecular complexity index is 732. The molecular formula is C18H26BrFIN5. The molecule has 0 aliphatic rings. The summed E-state index contributed by atoms with van der Waals surface area (Å²) in [4.78, 5) is 4.53. The lowest BCUT2D eigenvalue weighted by Gasteiger charge is -2.12. The Balaban J connectivity index is 0.00000338. The van der Waals surface area contributed by atoms with Crippen molar-refractivity contribution in [3.63, 3.8) is 0 Å². The van der Waals surface area contributed by atoms with Crippen molar-refractivity contribution in [3.8, 4) is 0 Å². The third-order valence-corrected chi connectivity index (χ3v) is 4.48. The van der Waals surface area contributed by atoms with Crippen LogP contribution in [0.2, 0.25) is 0 Å². The van der Waals surface area contributed by atoms with Crippen LogP contribution in [0.15, 0.2) is 33.7 Å². The van der Waals surface area contributed by atoms with E-state index in [9.17, 15) is 4.39 Å². The monoisotopic (exact) mass is 537 g/mol. The zero-order valence-electron chi connectivity index (χ0n) is 15.4. The fraction of sp³-hybridized carbons (Fsp3) is 0.444. The molecule has 0 aliphatic carbocycles. The first-order valence-electron chi connectivity index (χ1n) is 8.46. The smallest absolute Gasteiger partial charge is 0.191 e. The molecule has 8 heteroatoms. The van der Waals surface area contributed by atoms with Gasteiger partial charge in [-0.15, -0.1) is 24.0 Å². The molecule has 1 heterocycles. The van der Waals surface area contributed by atoms with Gasteiger partial charge in [0.05, 0.1) is 12.2 Å². The minimum Gasteiger partial charge on any atom is -0.357 e. The van der Waals surface area contributed by atoms with Crippen molar-refractivity contribution in [3.05, 3.63) is 51.5 Å². The van der Waals surface area contributed by atoms with Crippen LogP contribution in [0.4, 0.5) is 4.39 Å². The van der Waals surface area contributed by atoms with E-state index >= 15 is 0 Å². The Morgan fingerprint density at radius 3 is 2.69 bits per heavy atom. The molecule has 1 aromatic heterocycles. The number of hydrogen-bond donors (Lipinski definition) is 2. The van der Waals surface area contributed by atoms with Crippen LogP contribution in [0.1, 0.15) is 30.3 Å². The molecule has 1 aromatic carbocycles. The van der Waals surface area contributed by atoms with Gasteiger partial charge in [0, 0.05) is 29.8 Å². The van der Waals surface area contributed by atoms with E-state index < -0.39 is 0 Å². The van der Waals surface area contributed by atoms with E-state index in [1.165, 1.54) is 17.8 Å². The van der Waals surface area contributed by atoms with Gasteiger partial charge in [0.2, 0.25) is 0 Å². The number of nitrogens with zero attached hydrogens (tertiary/aromatic N) is 3. The van der Waals surface area contributed by atoms with Crippen molar-refractivity contribution < 1.29 is 4.39 Å². The van der Waals surface area contributed by atoms with Crippen molar-refractivity contribution in [2.45, 2.75) is 40.3 Å². The number of aromatic nitrogens is 2. The van der Waals surface area contributed by atoms with Crippen molar-refractivity contribution in [1.29, 1.82) is 0 Å². The minimum atomic E-state index is -0.253. The van der Waals surface area contributed by atoms with Crippen LogP contribution in [0.5, 0.6) is 0 Å². The van der Waals surface area contributed by atoms with Crippen LogP contribution >= 0.6 is 39.9 Å². The lowest BCUT2D eigenvalue weighted by molar-refractivity contribution is 0.555. The number of aryl methyl sites for hydroxylation is 3. The minimum absolute atomic E-state index is 0. The highest BCUT2D eigenvalue weighted by molar-refractivity contribution is 14.0. The average molecular weight is 538 g/mol. The largest absolute Gasteiger partial charge is 0.357 e. The second-order valence-electron chi connectivity index (χ2n) is 5.86. The molecule has 26 heavy (non-hydrogen) atoms. The third kappa shape index (κ3) is 7.22. The van der Waals surface area contributed by atoms with E-state index in [1.54, 1.807) is 6.07 Å². The normalized spacial score (nSPS) is 11.2. The predicted molar refractivity (Wildman–Crippen MR) is 119 cm³/mol. The molecule has 0 spiro atoms. The van der Waals surface area contributed by atoms with Crippen LogP contribution in [-0.4, -0.2) is 28.8 Å². The first-order chi connectivity index (χ1) is 12.0. The molecule has 0 aliphatic heterocycles. The molecule has 0 saturated heterocycles. The van der Waals surface area contributed by atoms with Gasteiger partial charge in [-0.05, 0) is 57.0 Å². The van der Waals surface area contributed by atoms with Crippen LogP contribution in [0, 0.1) is 19.7 Å². The molecular weight excluding hydrogens is 512 g/mol. The Hall–Kier alpha value is -1.16. The maximum atomic E-state index is 13.4. The zero-order valence-corrected chi connectivity index (χ0v) is 19.3. The Morgan fingerprint density at radius 1 is 1.27 bits per heavy atom. The van der Waals surface area contributed by atoms with Gasteiger partial charge in [0.1, 0.15) is 5.82 Å². The van der Waals surface area contributed by atoms with Crippen molar-refractivity contribution >= 4 is 45.9 Å². The van der Waals surface area contributed by atoms with Gasteiger partial charge in [-0.2, -0.15) is 5.10 Å². The highest BCUT2D eigenvalue weighted by Crippen LogP contribution is 2.18. The van der Waals surface area contributed by atoms with Gasteiger partial charge in [-0.25, -0.2) is 9.38 Å². The summed E-state index contributed by atoms with van der Waals surface area (Å²) in [5.41, 5.74) is 3.04. The average Bonchev–Trinajstić information content (AvgIpc) is 2.89. The summed E-state index contributed by atoms with van der Waals surface area (Å²) in [6.07, 6.45) is 0.941. The molecule has 2 N–H and O–H groups in total. The van der Waals surface area contributed by atoms with E-state index in [4.69, 9.17) is 0 Å². The lowest BCUT2D eigenvalue weighted by Crippen LogP contribution is -2.38. The summed E-state index contributed by atoms with van der Waals surface area (Å²) in [6, 6.07) is 6.71. The first-order valence-corrected chi connectivity index (χ1v) is 9.26. The van der Waals surface area contributed by atoms with Gasteiger partial charge in [0.15, 0.2) is 5.96 Å². The molecule has 2 aromatic rings. The summed E-state index contributed by atoms with van der Waals surface area (Å²) < 4.78 is 16.2.